The highest BCUT2D eigenvalue weighted by Gasteiger charge is 2.36. The Balaban J connectivity index is 0.00000180. The normalized spacial score (nSPS) is 21.6. The molecule has 1 amide bonds. The first-order valence-electron chi connectivity index (χ1n) is 5.91. The van der Waals surface area contributed by atoms with Gasteiger partial charge in [-0.1, -0.05) is 0 Å². The van der Waals surface area contributed by atoms with Gasteiger partial charge in [-0.25, -0.2) is 0 Å². The largest absolute Gasteiger partial charge is 0.495 e. The summed E-state index contributed by atoms with van der Waals surface area (Å²) >= 11 is 3.39. The Hall–Kier alpha value is -0.780. The second-order valence-corrected chi connectivity index (χ2v) is 5.65. The summed E-state index contributed by atoms with van der Waals surface area (Å²) in [5.74, 6) is 0.763. The van der Waals surface area contributed by atoms with E-state index in [0.29, 0.717) is 5.75 Å². The Morgan fingerprint density at radius 3 is 2.84 bits per heavy atom. The number of methoxy groups -OCH3 is 1. The van der Waals surface area contributed by atoms with Crippen molar-refractivity contribution in [2.75, 3.05) is 25.5 Å². The fourth-order valence-electron chi connectivity index (χ4n) is 2.03. The average Bonchev–Trinajstić information content (AvgIpc) is 2.80. The van der Waals surface area contributed by atoms with E-state index in [1.54, 1.807) is 7.11 Å². The lowest BCUT2D eigenvalue weighted by molar-refractivity contribution is -0.123. The summed E-state index contributed by atoms with van der Waals surface area (Å²) < 4.78 is 6.08. The van der Waals surface area contributed by atoms with E-state index in [4.69, 9.17) is 4.74 Å². The number of hydrogen-bond acceptors (Lipinski definition) is 3. The van der Waals surface area contributed by atoms with Gasteiger partial charge < -0.3 is 15.4 Å². The molecule has 4 nitrogen and oxygen atoms in total. The number of rotatable bonds is 3. The zero-order valence-corrected chi connectivity index (χ0v) is 13.4. The van der Waals surface area contributed by atoms with Crippen LogP contribution in [0.4, 0.5) is 5.69 Å². The molecule has 2 N–H and O–H groups in total. The van der Waals surface area contributed by atoms with Crippen molar-refractivity contribution in [2.45, 2.75) is 13.3 Å². The summed E-state index contributed by atoms with van der Waals surface area (Å²) in [5, 5.41) is 6.16. The summed E-state index contributed by atoms with van der Waals surface area (Å²) in [6.45, 7) is 3.61. The Morgan fingerprint density at radius 2 is 2.26 bits per heavy atom. The number of halogens is 2. The monoisotopic (exact) mass is 348 g/mol. The highest BCUT2D eigenvalue weighted by molar-refractivity contribution is 9.10. The molecule has 6 heteroatoms. The quantitative estimate of drug-likeness (QED) is 0.882. The standard InChI is InChI=1S/C13H17BrN2O2.ClH/c1-13(5-6-15-8-13)12(17)16-9-3-4-10(14)11(7-9)18-2;/h3-4,7,15H,5-6,8H2,1-2H3,(H,16,17);1H. The van der Waals surface area contributed by atoms with Crippen LogP contribution in [-0.2, 0) is 4.79 Å². The van der Waals surface area contributed by atoms with Crippen LogP contribution in [0.5, 0.6) is 5.75 Å². The predicted molar refractivity (Wildman–Crippen MR) is 82.2 cm³/mol. The summed E-state index contributed by atoms with van der Waals surface area (Å²) in [6, 6.07) is 5.54. The molecule has 0 aromatic heterocycles. The van der Waals surface area contributed by atoms with Gasteiger partial charge in [-0.2, -0.15) is 0 Å². The van der Waals surface area contributed by atoms with Crippen LogP contribution in [0.1, 0.15) is 13.3 Å². The second-order valence-electron chi connectivity index (χ2n) is 4.79. The average molecular weight is 350 g/mol. The number of ether oxygens (including phenoxy) is 1. The molecule has 1 aliphatic rings. The number of carbonyl (C=O) groups is 1. The van der Waals surface area contributed by atoms with Gasteiger partial charge in [0, 0.05) is 18.3 Å². The fourth-order valence-corrected chi connectivity index (χ4v) is 2.44. The third kappa shape index (κ3) is 3.61. The van der Waals surface area contributed by atoms with Crippen molar-refractivity contribution in [1.82, 2.24) is 5.32 Å². The molecule has 1 unspecified atom stereocenters. The summed E-state index contributed by atoms with van der Waals surface area (Å²) in [7, 11) is 1.61. The van der Waals surface area contributed by atoms with Crippen molar-refractivity contribution >= 4 is 39.9 Å². The van der Waals surface area contributed by atoms with E-state index in [2.05, 4.69) is 26.6 Å². The molecule has 0 radical (unpaired) electrons. The first-order chi connectivity index (χ1) is 8.55. The van der Waals surface area contributed by atoms with E-state index >= 15 is 0 Å². The van der Waals surface area contributed by atoms with E-state index in [1.165, 1.54) is 0 Å². The molecule has 1 atom stereocenters. The molecule has 1 aromatic carbocycles. The zero-order chi connectivity index (χ0) is 13.2. The molecular weight excluding hydrogens is 332 g/mol. The van der Waals surface area contributed by atoms with Crippen LogP contribution in [0.25, 0.3) is 0 Å². The van der Waals surface area contributed by atoms with Crippen LogP contribution >= 0.6 is 28.3 Å². The van der Waals surface area contributed by atoms with Crippen molar-refractivity contribution in [3.63, 3.8) is 0 Å². The molecule has 0 saturated carbocycles. The molecule has 19 heavy (non-hydrogen) atoms. The molecule has 1 saturated heterocycles. The SMILES string of the molecule is COc1cc(NC(=O)C2(C)CCNC2)ccc1Br.Cl. The first kappa shape index (κ1) is 16.3. The first-order valence-corrected chi connectivity index (χ1v) is 6.70. The van der Waals surface area contributed by atoms with Crippen LogP contribution in [0.15, 0.2) is 22.7 Å². The third-order valence-electron chi connectivity index (χ3n) is 3.33. The molecular formula is C13H18BrClN2O2. The van der Waals surface area contributed by atoms with Crippen molar-refractivity contribution in [1.29, 1.82) is 0 Å². The Morgan fingerprint density at radius 1 is 1.53 bits per heavy atom. The molecule has 2 rings (SSSR count). The van der Waals surface area contributed by atoms with Crippen molar-refractivity contribution in [3.05, 3.63) is 22.7 Å². The maximum Gasteiger partial charge on any atom is 0.231 e. The summed E-state index contributed by atoms with van der Waals surface area (Å²) in [4.78, 5) is 12.2. The van der Waals surface area contributed by atoms with E-state index < -0.39 is 0 Å². The maximum atomic E-state index is 12.2. The molecule has 0 aliphatic carbocycles. The number of nitrogens with one attached hydrogen (secondary N) is 2. The molecule has 0 spiro atoms. The maximum absolute atomic E-state index is 12.2. The molecule has 1 fully saturated rings. The Kier molecular flexibility index (Phi) is 5.64. The van der Waals surface area contributed by atoms with Crippen LogP contribution in [0, 0.1) is 5.41 Å². The van der Waals surface area contributed by atoms with Crippen LogP contribution in [-0.4, -0.2) is 26.1 Å². The molecule has 1 aromatic rings. The number of hydrogen-bond donors (Lipinski definition) is 2. The Bertz CT molecular complexity index is 462. The minimum atomic E-state index is -0.319. The van der Waals surface area contributed by atoms with Crippen LogP contribution in [0.3, 0.4) is 0 Å². The van der Waals surface area contributed by atoms with Crippen LogP contribution in [0.2, 0.25) is 0 Å². The number of carbonyl (C=O) groups excluding carboxylic acids is 1. The van der Waals surface area contributed by atoms with E-state index in [-0.39, 0.29) is 23.7 Å². The van der Waals surface area contributed by atoms with Gasteiger partial charge in [-0.05, 0) is 48.0 Å². The zero-order valence-electron chi connectivity index (χ0n) is 11.0. The van der Waals surface area contributed by atoms with Gasteiger partial charge in [0.15, 0.2) is 0 Å². The topological polar surface area (TPSA) is 50.4 Å². The minimum Gasteiger partial charge on any atom is -0.495 e. The number of amides is 1. The second kappa shape index (κ2) is 6.59. The van der Waals surface area contributed by atoms with Gasteiger partial charge >= 0.3 is 0 Å². The molecule has 0 bridgehead atoms. The lowest BCUT2D eigenvalue weighted by Crippen LogP contribution is -2.35. The molecule has 106 valence electrons. The lowest BCUT2D eigenvalue weighted by Gasteiger charge is -2.21. The number of benzene rings is 1. The summed E-state index contributed by atoms with van der Waals surface area (Å²) in [5.41, 5.74) is 0.438. The van der Waals surface area contributed by atoms with Crippen molar-refractivity contribution in [2.24, 2.45) is 5.41 Å². The van der Waals surface area contributed by atoms with E-state index in [1.807, 2.05) is 25.1 Å². The van der Waals surface area contributed by atoms with Crippen molar-refractivity contribution < 1.29 is 9.53 Å². The van der Waals surface area contributed by atoms with Gasteiger partial charge in [0.05, 0.1) is 17.0 Å². The minimum absolute atomic E-state index is 0. The molecule has 1 heterocycles. The lowest BCUT2D eigenvalue weighted by atomic mass is 9.89. The van der Waals surface area contributed by atoms with Gasteiger partial charge in [-0.3, -0.25) is 4.79 Å². The van der Waals surface area contributed by atoms with Gasteiger partial charge in [0.2, 0.25) is 5.91 Å². The number of anilines is 1. The summed E-state index contributed by atoms with van der Waals surface area (Å²) in [6.07, 6.45) is 0.868. The van der Waals surface area contributed by atoms with E-state index in [9.17, 15) is 4.79 Å². The predicted octanol–water partition coefficient (Wildman–Crippen LogP) is 2.82. The van der Waals surface area contributed by atoms with E-state index in [0.717, 1.165) is 29.7 Å². The van der Waals surface area contributed by atoms with Gasteiger partial charge in [0.1, 0.15) is 5.75 Å². The molecule has 1 aliphatic heterocycles. The smallest absolute Gasteiger partial charge is 0.231 e. The fraction of sp³-hybridized carbons (Fsp3) is 0.462. The van der Waals surface area contributed by atoms with Crippen LogP contribution < -0.4 is 15.4 Å². The third-order valence-corrected chi connectivity index (χ3v) is 3.98. The highest BCUT2D eigenvalue weighted by Crippen LogP contribution is 2.30. The van der Waals surface area contributed by atoms with Crippen molar-refractivity contribution in [3.8, 4) is 5.75 Å². The van der Waals surface area contributed by atoms with Gasteiger partial charge in [-0.15, -0.1) is 12.4 Å². The highest BCUT2D eigenvalue weighted by atomic mass is 79.9. The van der Waals surface area contributed by atoms with Gasteiger partial charge in [0.25, 0.3) is 0 Å². The Labute approximate surface area is 127 Å².